The molecule has 1 amide bonds. The number of nitrogens with one attached hydrogen (secondary N) is 1. The fraction of sp³-hybridized carbons (Fsp3) is 0.200. The number of amides is 1. The largest absolute Gasteiger partial charge is 0.382 e. The number of rotatable bonds is 4. The van der Waals surface area contributed by atoms with E-state index in [-0.39, 0.29) is 11.5 Å². The summed E-state index contributed by atoms with van der Waals surface area (Å²) in [6.45, 7) is 2.67. The Hall–Kier alpha value is -2.94. The zero-order valence-corrected chi connectivity index (χ0v) is 17.3. The Morgan fingerprint density at radius 1 is 1.13 bits per heavy atom. The first-order valence-electron chi connectivity index (χ1n) is 9.19. The highest BCUT2D eigenvalue weighted by Gasteiger charge is 2.20. The fourth-order valence-electron chi connectivity index (χ4n) is 3.17. The average Bonchev–Trinajstić information content (AvgIpc) is 2.75. The molecule has 1 aliphatic rings. The number of anilines is 3. The maximum absolute atomic E-state index is 13.0. The normalized spacial score (nSPS) is 13.9. The topological polar surface area (TPSA) is 106 Å². The summed E-state index contributed by atoms with van der Waals surface area (Å²) in [7, 11) is 0. The first kappa shape index (κ1) is 20.3. The van der Waals surface area contributed by atoms with E-state index < -0.39 is 5.91 Å². The highest BCUT2D eigenvalue weighted by Crippen LogP contribution is 2.34. The third-order valence-electron chi connectivity index (χ3n) is 4.63. The number of nitrogen functional groups attached to an aromatic ring is 1. The maximum atomic E-state index is 13.0. The van der Waals surface area contributed by atoms with Crippen molar-refractivity contribution in [1.29, 1.82) is 0 Å². The van der Waals surface area contributed by atoms with Gasteiger partial charge in [0.2, 0.25) is 0 Å². The Bertz CT molecular complexity index is 1070. The van der Waals surface area contributed by atoms with E-state index in [1.165, 1.54) is 6.20 Å². The van der Waals surface area contributed by atoms with Crippen LogP contribution in [0.4, 0.5) is 17.2 Å². The van der Waals surface area contributed by atoms with Gasteiger partial charge in [-0.2, -0.15) is 0 Å². The highest BCUT2D eigenvalue weighted by molar-refractivity contribution is 6.39. The van der Waals surface area contributed by atoms with Gasteiger partial charge in [-0.25, -0.2) is 9.97 Å². The van der Waals surface area contributed by atoms with Crippen molar-refractivity contribution in [1.82, 2.24) is 15.0 Å². The van der Waals surface area contributed by atoms with Gasteiger partial charge in [-0.1, -0.05) is 29.3 Å². The molecule has 2 aromatic heterocycles. The second-order valence-electron chi connectivity index (χ2n) is 6.53. The molecule has 0 radical (unpaired) electrons. The lowest BCUT2D eigenvalue weighted by Crippen LogP contribution is -2.36. The molecule has 0 bridgehead atoms. The Balaban J connectivity index is 1.65. The summed E-state index contributed by atoms with van der Waals surface area (Å²) >= 11 is 12.5. The summed E-state index contributed by atoms with van der Waals surface area (Å²) in [6, 6.07) is 6.94. The summed E-state index contributed by atoms with van der Waals surface area (Å²) in [4.78, 5) is 27.7. The van der Waals surface area contributed by atoms with Crippen molar-refractivity contribution in [3.05, 3.63) is 58.6 Å². The van der Waals surface area contributed by atoms with Crippen LogP contribution in [-0.2, 0) is 4.74 Å². The molecular weight excluding hydrogens is 427 g/mol. The number of ether oxygens (including phenoxy) is 1. The van der Waals surface area contributed by atoms with Crippen LogP contribution in [0.3, 0.4) is 0 Å². The van der Waals surface area contributed by atoms with Gasteiger partial charge in [0.1, 0.15) is 0 Å². The maximum Gasteiger partial charge on any atom is 0.278 e. The smallest absolute Gasteiger partial charge is 0.278 e. The van der Waals surface area contributed by atoms with Crippen LogP contribution in [0.15, 0.2) is 42.9 Å². The molecule has 1 fully saturated rings. The van der Waals surface area contributed by atoms with Gasteiger partial charge >= 0.3 is 0 Å². The van der Waals surface area contributed by atoms with Gasteiger partial charge in [0.15, 0.2) is 11.5 Å². The number of morpholine rings is 1. The molecule has 3 N–H and O–H groups in total. The first-order valence-corrected chi connectivity index (χ1v) is 9.95. The third kappa shape index (κ3) is 4.16. The minimum atomic E-state index is -0.507. The van der Waals surface area contributed by atoms with Gasteiger partial charge in [0, 0.05) is 24.8 Å². The summed E-state index contributed by atoms with van der Waals surface area (Å²) in [5, 5.41) is 3.64. The first-order chi connectivity index (χ1) is 14.5. The molecule has 8 nitrogen and oxygen atoms in total. The zero-order valence-electron chi connectivity index (χ0n) is 15.8. The predicted octanol–water partition coefficient (Wildman–Crippen LogP) is 3.52. The molecule has 0 spiro atoms. The molecule has 4 rings (SSSR count). The molecule has 1 aromatic carbocycles. The van der Waals surface area contributed by atoms with E-state index in [4.69, 9.17) is 33.7 Å². The lowest BCUT2D eigenvalue weighted by Gasteiger charge is -2.30. The fourth-order valence-corrected chi connectivity index (χ4v) is 3.76. The van der Waals surface area contributed by atoms with Gasteiger partial charge in [0.25, 0.3) is 5.91 Å². The number of nitrogens with zero attached hydrogens (tertiary/aromatic N) is 4. The summed E-state index contributed by atoms with van der Waals surface area (Å²) < 4.78 is 5.40. The molecule has 1 aliphatic heterocycles. The Morgan fingerprint density at radius 3 is 2.60 bits per heavy atom. The second kappa shape index (κ2) is 8.83. The predicted molar refractivity (Wildman–Crippen MR) is 117 cm³/mol. The number of benzene rings is 1. The summed E-state index contributed by atoms with van der Waals surface area (Å²) in [5.74, 6) is -0.510. The quantitative estimate of drug-likeness (QED) is 0.633. The summed E-state index contributed by atoms with van der Waals surface area (Å²) in [6.07, 6.45) is 4.69. The number of carbonyl (C=O) groups is 1. The number of aromatic nitrogens is 3. The van der Waals surface area contributed by atoms with Crippen molar-refractivity contribution >= 4 is 46.3 Å². The number of hydrogen-bond donors (Lipinski definition) is 2. The Morgan fingerprint density at radius 2 is 1.87 bits per heavy atom. The molecule has 10 heteroatoms. The number of carbonyl (C=O) groups excluding carboxylic acids is 1. The highest BCUT2D eigenvalue weighted by atomic mass is 35.5. The lowest BCUT2D eigenvalue weighted by atomic mass is 10.1. The van der Waals surface area contributed by atoms with Crippen molar-refractivity contribution in [2.24, 2.45) is 0 Å². The van der Waals surface area contributed by atoms with Crippen LogP contribution < -0.4 is 16.0 Å². The van der Waals surface area contributed by atoms with Crippen LogP contribution in [0.2, 0.25) is 10.0 Å². The molecule has 0 aliphatic carbocycles. The molecule has 0 atom stereocenters. The molecule has 3 heterocycles. The minimum Gasteiger partial charge on any atom is -0.382 e. The molecule has 3 aromatic rings. The van der Waals surface area contributed by atoms with Crippen LogP contribution in [-0.4, -0.2) is 47.2 Å². The van der Waals surface area contributed by atoms with Crippen molar-refractivity contribution in [3.8, 4) is 11.3 Å². The SMILES string of the molecule is Nc1ncc(-c2c(Cl)cccc2Cl)nc1C(=O)Nc1cnccc1N1CCOCC1. The van der Waals surface area contributed by atoms with Gasteiger partial charge in [-0.15, -0.1) is 0 Å². The average molecular weight is 445 g/mol. The minimum absolute atomic E-state index is 0.00348. The van der Waals surface area contributed by atoms with E-state index in [1.807, 2.05) is 6.07 Å². The van der Waals surface area contributed by atoms with Gasteiger partial charge in [-0.3, -0.25) is 9.78 Å². The van der Waals surface area contributed by atoms with Crippen molar-refractivity contribution < 1.29 is 9.53 Å². The van der Waals surface area contributed by atoms with Gasteiger partial charge in [-0.05, 0) is 18.2 Å². The molecular formula is C20H18Cl2N6O2. The number of hydrogen-bond acceptors (Lipinski definition) is 7. The van der Waals surface area contributed by atoms with Crippen LogP contribution in [0.25, 0.3) is 11.3 Å². The number of nitrogens with two attached hydrogens (primary N) is 1. The van der Waals surface area contributed by atoms with Crippen LogP contribution in [0.5, 0.6) is 0 Å². The number of halogens is 2. The molecule has 1 saturated heterocycles. The Kier molecular flexibility index (Phi) is 5.98. The van der Waals surface area contributed by atoms with E-state index in [9.17, 15) is 4.79 Å². The van der Waals surface area contributed by atoms with Crippen molar-refractivity contribution in [2.75, 3.05) is 42.3 Å². The third-order valence-corrected chi connectivity index (χ3v) is 5.26. The summed E-state index contributed by atoms with van der Waals surface area (Å²) in [5.41, 5.74) is 8.14. The van der Waals surface area contributed by atoms with Crippen molar-refractivity contribution in [3.63, 3.8) is 0 Å². The molecule has 154 valence electrons. The van der Waals surface area contributed by atoms with E-state index in [0.717, 1.165) is 18.8 Å². The van der Waals surface area contributed by atoms with Gasteiger partial charge < -0.3 is 20.7 Å². The van der Waals surface area contributed by atoms with Gasteiger partial charge in [0.05, 0.1) is 52.7 Å². The zero-order chi connectivity index (χ0) is 21.1. The standard InChI is InChI=1S/C20H18Cl2N6O2/c21-12-2-1-3-13(22)17(12)15-11-25-19(23)18(26-15)20(29)27-14-10-24-5-4-16(14)28-6-8-30-9-7-28/h1-5,10-11H,6-9H2,(H2,23,25)(H,27,29). The lowest BCUT2D eigenvalue weighted by molar-refractivity contribution is 0.102. The van der Waals surface area contributed by atoms with E-state index in [1.54, 1.807) is 30.6 Å². The van der Waals surface area contributed by atoms with Crippen LogP contribution in [0.1, 0.15) is 10.5 Å². The molecule has 0 unspecified atom stereocenters. The Labute approximate surface area is 183 Å². The van der Waals surface area contributed by atoms with E-state index >= 15 is 0 Å². The number of pyridine rings is 1. The second-order valence-corrected chi connectivity index (χ2v) is 7.35. The molecule has 30 heavy (non-hydrogen) atoms. The molecule has 0 saturated carbocycles. The monoisotopic (exact) mass is 444 g/mol. The van der Waals surface area contributed by atoms with Crippen molar-refractivity contribution in [2.45, 2.75) is 0 Å². The van der Waals surface area contributed by atoms with E-state index in [2.05, 4.69) is 25.2 Å². The van der Waals surface area contributed by atoms with E-state index in [0.29, 0.717) is 40.2 Å². The van der Waals surface area contributed by atoms with Crippen LogP contribution >= 0.6 is 23.2 Å². The van der Waals surface area contributed by atoms with Crippen LogP contribution in [0, 0.1) is 0 Å².